The van der Waals surface area contributed by atoms with Crippen molar-refractivity contribution in [1.29, 1.82) is 0 Å². The first-order chi connectivity index (χ1) is 9.20. The van der Waals surface area contributed by atoms with Gasteiger partial charge in [-0.15, -0.1) is 0 Å². The molecule has 1 N–H and O–H groups in total. The first-order valence-electron chi connectivity index (χ1n) is 6.33. The fraction of sp³-hybridized carbons (Fsp3) is 0.267. The van der Waals surface area contributed by atoms with Gasteiger partial charge in [0.15, 0.2) is 5.78 Å². The lowest BCUT2D eigenvalue weighted by Gasteiger charge is -2.04. The number of aryl methyl sites for hydroxylation is 1. The molecule has 4 nitrogen and oxygen atoms in total. The summed E-state index contributed by atoms with van der Waals surface area (Å²) in [6.07, 6.45) is 0. The van der Waals surface area contributed by atoms with Gasteiger partial charge in [-0.1, -0.05) is 0 Å². The van der Waals surface area contributed by atoms with Crippen LogP contribution < -0.4 is 10.1 Å². The van der Waals surface area contributed by atoms with Gasteiger partial charge in [0.1, 0.15) is 11.6 Å². The molecular weight excluding hydrogens is 240 g/mol. The number of rotatable bonds is 3. The highest BCUT2D eigenvalue weighted by Gasteiger charge is 2.22. The van der Waals surface area contributed by atoms with Gasteiger partial charge in [0.05, 0.1) is 12.7 Å². The first-order valence-corrected chi connectivity index (χ1v) is 6.33. The van der Waals surface area contributed by atoms with E-state index in [1.807, 2.05) is 25.1 Å². The number of hydrogen-bond donors (Lipinski definition) is 1. The number of nitrogens with one attached hydrogen (secondary N) is 1. The molecule has 1 aliphatic heterocycles. The average molecular weight is 256 g/mol. The number of benzene rings is 1. The molecule has 0 fully saturated rings. The van der Waals surface area contributed by atoms with Crippen molar-refractivity contribution in [2.45, 2.75) is 13.5 Å². The Labute approximate surface area is 112 Å². The molecule has 0 spiro atoms. The van der Waals surface area contributed by atoms with Crippen molar-refractivity contribution in [2.75, 3.05) is 19.0 Å². The summed E-state index contributed by atoms with van der Waals surface area (Å²) >= 11 is 0. The smallest absolute Gasteiger partial charge is 0.196 e. The van der Waals surface area contributed by atoms with E-state index in [0.717, 1.165) is 35.9 Å². The fourth-order valence-electron chi connectivity index (χ4n) is 2.51. The van der Waals surface area contributed by atoms with E-state index in [1.54, 1.807) is 19.2 Å². The topological polar surface area (TPSA) is 43.3 Å². The van der Waals surface area contributed by atoms with Crippen LogP contribution in [0, 0.1) is 6.92 Å². The molecule has 0 saturated carbocycles. The van der Waals surface area contributed by atoms with Crippen LogP contribution in [0.5, 0.6) is 5.75 Å². The predicted molar refractivity (Wildman–Crippen MR) is 74.1 cm³/mol. The summed E-state index contributed by atoms with van der Waals surface area (Å²) in [7, 11) is 1.62. The number of methoxy groups -OCH3 is 1. The van der Waals surface area contributed by atoms with Crippen molar-refractivity contribution in [2.24, 2.45) is 0 Å². The quantitative estimate of drug-likeness (QED) is 0.858. The van der Waals surface area contributed by atoms with Crippen molar-refractivity contribution in [3.8, 4) is 5.75 Å². The monoisotopic (exact) mass is 256 g/mol. The van der Waals surface area contributed by atoms with Crippen LogP contribution in [0.15, 0.2) is 30.3 Å². The predicted octanol–water partition coefficient (Wildman–Crippen LogP) is 2.46. The number of anilines is 1. The van der Waals surface area contributed by atoms with Crippen molar-refractivity contribution < 1.29 is 9.53 Å². The standard InChI is InChI=1S/C15H16N2O2/c1-10-9-13(15-16-7-8-17(10)15)14(18)11-3-5-12(19-2)6-4-11/h3-6,9,16H,7-8H2,1-2H3. The molecule has 2 aromatic rings. The zero-order valence-corrected chi connectivity index (χ0v) is 11.1. The summed E-state index contributed by atoms with van der Waals surface area (Å²) in [5.41, 5.74) is 2.56. The summed E-state index contributed by atoms with van der Waals surface area (Å²) in [4.78, 5) is 12.5. The average Bonchev–Trinajstić information content (AvgIpc) is 3.03. The summed E-state index contributed by atoms with van der Waals surface area (Å²) < 4.78 is 7.25. The first kappa shape index (κ1) is 11.8. The number of carbonyl (C=O) groups is 1. The molecule has 3 rings (SSSR count). The summed E-state index contributed by atoms with van der Waals surface area (Å²) in [6.45, 7) is 3.85. The van der Waals surface area contributed by atoms with Gasteiger partial charge in [0, 0.05) is 24.3 Å². The number of hydrogen-bond acceptors (Lipinski definition) is 3. The van der Waals surface area contributed by atoms with Gasteiger partial charge in [0.25, 0.3) is 0 Å². The maximum absolute atomic E-state index is 12.5. The van der Waals surface area contributed by atoms with Crippen LogP contribution in [-0.2, 0) is 6.54 Å². The minimum absolute atomic E-state index is 0.0499. The van der Waals surface area contributed by atoms with Crippen LogP contribution in [-0.4, -0.2) is 24.0 Å². The Kier molecular flexibility index (Phi) is 2.78. The number of fused-ring (bicyclic) bond motifs is 1. The van der Waals surface area contributed by atoms with Gasteiger partial charge >= 0.3 is 0 Å². The van der Waals surface area contributed by atoms with E-state index >= 15 is 0 Å². The maximum atomic E-state index is 12.5. The highest BCUT2D eigenvalue weighted by atomic mass is 16.5. The van der Waals surface area contributed by atoms with Crippen LogP contribution in [0.25, 0.3) is 0 Å². The minimum Gasteiger partial charge on any atom is -0.497 e. The van der Waals surface area contributed by atoms with E-state index in [1.165, 1.54) is 0 Å². The Hall–Kier alpha value is -2.23. The third-order valence-corrected chi connectivity index (χ3v) is 3.53. The highest BCUT2D eigenvalue weighted by molar-refractivity contribution is 6.12. The number of carbonyl (C=O) groups excluding carboxylic acids is 1. The fourth-order valence-corrected chi connectivity index (χ4v) is 2.51. The van der Waals surface area contributed by atoms with Crippen LogP contribution in [0.4, 0.5) is 5.82 Å². The van der Waals surface area contributed by atoms with Gasteiger partial charge < -0.3 is 14.6 Å². The van der Waals surface area contributed by atoms with Crippen molar-refractivity contribution in [3.63, 3.8) is 0 Å². The van der Waals surface area contributed by atoms with Gasteiger partial charge in [-0.3, -0.25) is 4.79 Å². The van der Waals surface area contributed by atoms with Gasteiger partial charge in [0.2, 0.25) is 0 Å². The maximum Gasteiger partial charge on any atom is 0.196 e. The number of ketones is 1. The Balaban J connectivity index is 1.97. The normalized spacial score (nSPS) is 12.9. The van der Waals surface area contributed by atoms with Crippen LogP contribution in [0.3, 0.4) is 0 Å². The number of aromatic nitrogens is 1. The van der Waals surface area contributed by atoms with E-state index < -0.39 is 0 Å². The van der Waals surface area contributed by atoms with E-state index in [2.05, 4.69) is 9.88 Å². The zero-order chi connectivity index (χ0) is 13.4. The lowest BCUT2D eigenvalue weighted by Crippen LogP contribution is -2.04. The Morgan fingerprint density at radius 3 is 2.74 bits per heavy atom. The molecule has 19 heavy (non-hydrogen) atoms. The summed E-state index contributed by atoms with van der Waals surface area (Å²) in [6, 6.07) is 9.17. The molecule has 0 amide bonds. The van der Waals surface area contributed by atoms with E-state index in [9.17, 15) is 4.79 Å². The highest BCUT2D eigenvalue weighted by Crippen LogP contribution is 2.27. The second kappa shape index (κ2) is 4.46. The molecule has 0 bridgehead atoms. The van der Waals surface area contributed by atoms with Gasteiger partial charge in [-0.05, 0) is 37.3 Å². The summed E-state index contributed by atoms with van der Waals surface area (Å²) in [5, 5.41) is 3.28. The molecule has 4 heteroatoms. The second-order valence-electron chi connectivity index (χ2n) is 4.68. The van der Waals surface area contributed by atoms with E-state index in [0.29, 0.717) is 5.56 Å². The largest absolute Gasteiger partial charge is 0.497 e. The third kappa shape index (κ3) is 1.89. The molecule has 1 aliphatic rings. The van der Waals surface area contributed by atoms with Gasteiger partial charge in [-0.25, -0.2) is 0 Å². The Morgan fingerprint density at radius 2 is 2.05 bits per heavy atom. The van der Waals surface area contributed by atoms with E-state index in [-0.39, 0.29) is 5.78 Å². The molecule has 0 atom stereocenters. The SMILES string of the molecule is COc1ccc(C(=O)c2cc(C)n3c2NCC3)cc1. The minimum atomic E-state index is 0.0499. The molecular formula is C15H16N2O2. The molecule has 0 saturated heterocycles. The van der Waals surface area contributed by atoms with Gasteiger partial charge in [-0.2, -0.15) is 0 Å². The zero-order valence-electron chi connectivity index (χ0n) is 11.1. The molecule has 2 heterocycles. The third-order valence-electron chi connectivity index (χ3n) is 3.53. The van der Waals surface area contributed by atoms with Crippen LogP contribution in [0.1, 0.15) is 21.6 Å². The summed E-state index contributed by atoms with van der Waals surface area (Å²) in [5.74, 6) is 1.75. The molecule has 98 valence electrons. The van der Waals surface area contributed by atoms with Crippen molar-refractivity contribution >= 4 is 11.6 Å². The lowest BCUT2D eigenvalue weighted by atomic mass is 10.0. The van der Waals surface area contributed by atoms with Crippen LogP contribution in [0.2, 0.25) is 0 Å². The lowest BCUT2D eigenvalue weighted by molar-refractivity contribution is 0.103. The van der Waals surface area contributed by atoms with Crippen molar-refractivity contribution in [3.05, 3.63) is 47.2 Å². The molecule has 1 aromatic heterocycles. The van der Waals surface area contributed by atoms with Crippen molar-refractivity contribution in [1.82, 2.24) is 4.57 Å². The molecule has 0 radical (unpaired) electrons. The Bertz CT molecular complexity index is 626. The molecule has 0 aliphatic carbocycles. The number of nitrogens with zero attached hydrogens (tertiary/aromatic N) is 1. The second-order valence-corrected chi connectivity index (χ2v) is 4.68. The Morgan fingerprint density at radius 1 is 1.32 bits per heavy atom. The van der Waals surface area contributed by atoms with E-state index in [4.69, 9.17) is 4.74 Å². The van der Waals surface area contributed by atoms with Crippen LogP contribution >= 0.6 is 0 Å². The molecule has 0 unspecified atom stereocenters. The number of ether oxygens (including phenoxy) is 1. The molecule has 1 aromatic carbocycles.